The van der Waals surface area contributed by atoms with Crippen LogP contribution in [-0.2, 0) is 6.42 Å². The number of allylic oxidation sites excluding steroid dienone is 2. The molecule has 1 nitrogen and oxygen atoms in total. The van der Waals surface area contributed by atoms with Crippen LogP contribution in [0.5, 0.6) is 0 Å². The number of ketones is 1. The zero-order valence-electron chi connectivity index (χ0n) is 13.6. The van der Waals surface area contributed by atoms with Gasteiger partial charge in [0, 0.05) is 5.56 Å². The van der Waals surface area contributed by atoms with Gasteiger partial charge in [-0.25, -0.2) is 0 Å². The van der Waals surface area contributed by atoms with E-state index in [1.165, 1.54) is 5.56 Å². The largest absolute Gasteiger partial charge is 0.289 e. The van der Waals surface area contributed by atoms with E-state index in [0.29, 0.717) is 0 Å². The zero-order valence-corrected chi connectivity index (χ0v) is 13.6. The van der Waals surface area contributed by atoms with Gasteiger partial charge in [-0.1, -0.05) is 91.0 Å². The molecule has 0 aliphatic rings. The average molecular weight is 312 g/mol. The molecule has 24 heavy (non-hydrogen) atoms. The van der Waals surface area contributed by atoms with Crippen LogP contribution in [0, 0.1) is 0 Å². The molecule has 0 aromatic heterocycles. The van der Waals surface area contributed by atoms with Gasteiger partial charge in [0.2, 0.25) is 0 Å². The zero-order chi connectivity index (χ0) is 16.6. The van der Waals surface area contributed by atoms with Crippen LogP contribution in [0.25, 0.3) is 11.1 Å². The van der Waals surface area contributed by atoms with Crippen LogP contribution in [-0.4, -0.2) is 5.78 Å². The first-order chi connectivity index (χ1) is 11.8. The molecule has 0 spiro atoms. The van der Waals surface area contributed by atoms with Crippen molar-refractivity contribution in [2.24, 2.45) is 0 Å². The molecule has 0 atom stereocenters. The third-order valence-corrected chi connectivity index (χ3v) is 3.99. The molecule has 0 bridgehead atoms. The summed E-state index contributed by atoms with van der Waals surface area (Å²) in [4.78, 5) is 12.2. The molecule has 0 saturated heterocycles. The van der Waals surface area contributed by atoms with Crippen molar-refractivity contribution in [1.29, 1.82) is 0 Å². The van der Waals surface area contributed by atoms with Gasteiger partial charge in [-0.15, -0.1) is 0 Å². The van der Waals surface area contributed by atoms with Crippen molar-refractivity contribution in [3.63, 3.8) is 0 Å². The highest BCUT2D eigenvalue weighted by molar-refractivity contribution is 6.04. The SMILES string of the molecule is O=C(/C=C/CCc1ccccc1)c1ccc(-c2ccccc2)cc1. The molecule has 0 aliphatic carbocycles. The summed E-state index contributed by atoms with van der Waals surface area (Å²) in [7, 11) is 0. The van der Waals surface area contributed by atoms with E-state index in [4.69, 9.17) is 0 Å². The topological polar surface area (TPSA) is 17.1 Å². The first kappa shape index (κ1) is 15.9. The molecule has 118 valence electrons. The molecule has 1 heteroatoms. The lowest BCUT2D eigenvalue weighted by Gasteiger charge is -2.02. The first-order valence-electron chi connectivity index (χ1n) is 8.23. The van der Waals surface area contributed by atoms with Gasteiger partial charge >= 0.3 is 0 Å². The quantitative estimate of drug-likeness (QED) is 0.420. The van der Waals surface area contributed by atoms with E-state index in [-0.39, 0.29) is 5.78 Å². The second-order valence-electron chi connectivity index (χ2n) is 5.73. The Bertz CT molecular complexity index is 800. The van der Waals surface area contributed by atoms with E-state index in [9.17, 15) is 4.79 Å². The van der Waals surface area contributed by atoms with Gasteiger partial charge in [0.25, 0.3) is 0 Å². The molecule has 0 radical (unpaired) electrons. The van der Waals surface area contributed by atoms with Crippen molar-refractivity contribution in [3.05, 3.63) is 108 Å². The number of hydrogen-bond acceptors (Lipinski definition) is 1. The molecular formula is C23H20O. The molecule has 0 amide bonds. The Morgan fingerprint density at radius 1 is 0.708 bits per heavy atom. The summed E-state index contributed by atoms with van der Waals surface area (Å²) in [6.45, 7) is 0. The summed E-state index contributed by atoms with van der Waals surface area (Å²) in [6.07, 6.45) is 5.47. The predicted octanol–water partition coefficient (Wildman–Crippen LogP) is 5.73. The Labute approximate surface area is 143 Å². The van der Waals surface area contributed by atoms with Gasteiger partial charge in [0.05, 0.1) is 0 Å². The summed E-state index contributed by atoms with van der Waals surface area (Å²) in [5.41, 5.74) is 4.31. The Balaban J connectivity index is 1.58. The number of carbonyl (C=O) groups is 1. The first-order valence-corrected chi connectivity index (χ1v) is 8.23. The molecule has 3 aromatic carbocycles. The highest BCUT2D eigenvalue weighted by Crippen LogP contribution is 2.19. The van der Waals surface area contributed by atoms with E-state index in [2.05, 4.69) is 24.3 Å². The Kier molecular flexibility index (Phi) is 5.36. The van der Waals surface area contributed by atoms with Crippen LogP contribution in [0.4, 0.5) is 0 Å². The fourth-order valence-corrected chi connectivity index (χ4v) is 2.64. The predicted molar refractivity (Wildman–Crippen MR) is 100 cm³/mol. The van der Waals surface area contributed by atoms with Crippen molar-refractivity contribution in [3.8, 4) is 11.1 Å². The maximum Gasteiger partial charge on any atom is 0.185 e. The monoisotopic (exact) mass is 312 g/mol. The van der Waals surface area contributed by atoms with Gasteiger partial charge in [-0.3, -0.25) is 4.79 Å². The maximum absolute atomic E-state index is 12.2. The fourth-order valence-electron chi connectivity index (χ4n) is 2.64. The molecule has 0 fully saturated rings. The van der Waals surface area contributed by atoms with Crippen molar-refractivity contribution in [2.75, 3.05) is 0 Å². The Morgan fingerprint density at radius 2 is 1.29 bits per heavy atom. The number of hydrogen-bond donors (Lipinski definition) is 0. The lowest BCUT2D eigenvalue weighted by Crippen LogP contribution is -1.94. The molecule has 0 saturated carbocycles. The van der Waals surface area contributed by atoms with E-state index in [0.717, 1.165) is 29.5 Å². The second-order valence-corrected chi connectivity index (χ2v) is 5.73. The average Bonchev–Trinajstić information content (AvgIpc) is 2.67. The van der Waals surface area contributed by atoms with Gasteiger partial charge in [0.1, 0.15) is 0 Å². The fraction of sp³-hybridized carbons (Fsp3) is 0.0870. The molecule has 0 unspecified atom stereocenters. The summed E-state index contributed by atoms with van der Waals surface area (Å²) in [6, 6.07) is 28.3. The van der Waals surface area contributed by atoms with E-state index in [1.807, 2.05) is 66.7 Å². The van der Waals surface area contributed by atoms with E-state index < -0.39 is 0 Å². The molecular weight excluding hydrogens is 292 g/mol. The van der Waals surface area contributed by atoms with Crippen LogP contribution >= 0.6 is 0 Å². The normalized spacial score (nSPS) is 10.8. The van der Waals surface area contributed by atoms with Crippen LogP contribution in [0.3, 0.4) is 0 Å². The number of aryl methyl sites for hydroxylation is 1. The minimum atomic E-state index is 0.0580. The van der Waals surface area contributed by atoms with E-state index >= 15 is 0 Å². The molecule has 0 heterocycles. The summed E-state index contributed by atoms with van der Waals surface area (Å²) in [5.74, 6) is 0.0580. The van der Waals surface area contributed by atoms with Crippen LogP contribution in [0.15, 0.2) is 97.1 Å². The number of rotatable bonds is 6. The summed E-state index contributed by atoms with van der Waals surface area (Å²) in [5, 5.41) is 0. The lowest BCUT2D eigenvalue weighted by atomic mass is 10.0. The van der Waals surface area contributed by atoms with Crippen molar-refractivity contribution >= 4 is 5.78 Å². The summed E-state index contributed by atoms with van der Waals surface area (Å²) < 4.78 is 0. The van der Waals surface area contributed by atoms with Crippen LogP contribution < -0.4 is 0 Å². The standard InChI is InChI=1S/C23H20O/c24-23(14-8-7-11-19-9-3-1-4-10-19)22-17-15-21(16-18-22)20-12-5-2-6-13-20/h1-6,8-10,12-18H,7,11H2/b14-8+. The number of carbonyl (C=O) groups excluding carboxylic acids is 1. The summed E-state index contributed by atoms with van der Waals surface area (Å²) >= 11 is 0. The van der Waals surface area contributed by atoms with Crippen molar-refractivity contribution in [1.82, 2.24) is 0 Å². The van der Waals surface area contributed by atoms with Crippen molar-refractivity contribution < 1.29 is 4.79 Å². The Hall–Kier alpha value is -2.93. The van der Waals surface area contributed by atoms with Crippen LogP contribution in [0.2, 0.25) is 0 Å². The maximum atomic E-state index is 12.2. The van der Waals surface area contributed by atoms with E-state index in [1.54, 1.807) is 6.08 Å². The molecule has 3 aromatic rings. The lowest BCUT2D eigenvalue weighted by molar-refractivity contribution is 0.104. The second kappa shape index (κ2) is 8.07. The third kappa shape index (κ3) is 4.30. The molecule has 3 rings (SSSR count). The minimum Gasteiger partial charge on any atom is -0.289 e. The Morgan fingerprint density at radius 3 is 1.96 bits per heavy atom. The van der Waals surface area contributed by atoms with Gasteiger partial charge in [-0.05, 0) is 35.6 Å². The highest BCUT2D eigenvalue weighted by atomic mass is 16.1. The third-order valence-electron chi connectivity index (χ3n) is 3.99. The highest BCUT2D eigenvalue weighted by Gasteiger charge is 2.02. The smallest absolute Gasteiger partial charge is 0.185 e. The van der Waals surface area contributed by atoms with Gasteiger partial charge in [0.15, 0.2) is 5.78 Å². The number of benzene rings is 3. The van der Waals surface area contributed by atoms with Crippen molar-refractivity contribution in [2.45, 2.75) is 12.8 Å². The van der Waals surface area contributed by atoms with Gasteiger partial charge < -0.3 is 0 Å². The van der Waals surface area contributed by atoms with Crippen LogP contribution in [0.1, 0.15) is 22.3 Å². The van der Waals surface area contributed by atoms with Gasteiger partial charge in [-0.2, -0.15) is 0 Å². The molecule has 0 N–H and O–H groups in total. The molecule has 0 aliphatic heterocycles. The minimum absolute atomic E-state index is 0.0580.